The normalized spacial score (nSPS) is 24.0. The summed E-state index contributed by atoms with van der Waals surface area (Å²) < 4.78 is 38.1. The molecule has 0 radical (unpaired) electrons. The number of piperidine rings is 1. The third-order valence-electron chi connectivity index (χ3n) is 3.92. The summed E-state index contributed by atoms with van der Waals surface area (Å²) in [5, 5.41) is 0. The number of ether oxygens (including phenoxy) is 2. The van der Waals surface area contributed by atoms with E-state index in [0.717, 1.165) is 6.42 Å². The van der Waals surface area contributed by atoms with Gasteiger partial charge in [-0.3, -0.25) is 0 Å². The van der Waals surface area contributed by atoms with Crippen LogP contribution in [0.4, 0.5) is 0 Å². The fourth-order valence-electron chi connectivity index (χ4n) is 2.49. The Hall–Kier alpha value is -0.630. The Morgan fingerprint density at radius 2 is 2.05 bits per heavy atom. The highest BCUT2D eigenvalue weighted by molar-refractivity contribution is 9.10. The first-order valence-electron chi connectivity index (χ1n) is 6.76. The van der Waals surface area contributed by atoms with Crippen LogP contribution in [0.15, 0.2) is 27.6 Å². The van der Waals surface area contributed by atoms with Crippen molar-refractivity contribution in [3.05, 3.63) is 22.7 Å². The van der Waals surface area contributed by atoms with E-state index in [4.69, 9.17) is 9.47 Å². The Kier molecular flexibility index (Phi) is 5.29. The maximum atomic E-state index is 12.7. The Labute approximate surface area is 134 Å². The average Bonchev–Trinajstić information content (AvgIpc) is 2.47. The zero-order valence-corrected chi connectivity index (χ0v) is 14.8. The van der Waals surface area contributed by atoms with Gasteiger partial charge < -0.3 is 9.47 Å². The fourth-order valence-corrected chi connectivity index (χ4v) is 4.67. The first-order valence-corrected chi connectivity index (χ1v) is 9.00. The van der Waals surface area contributed by atoms with Gasteiger partial charge in [0.05, 0.1) is 22.6 Å². The molecule has 118 valence electrons. The molecule has 0 spiro atoms. The van der Waals surface area contributed by atoms with Crippen molar-refractivity contribution >= 4 is 26.0 Å². The minimum absolute atomic E-state index is 0.0600. The molecule has 2 unspecified atom stereocenters. The van der Waals surface area contributed by atoms with E-state index in [1.54, 1.807) is 32.4 Å². The van der Waals surface area contributed by atoms with Gasteiger partial charge in [-0.15, -0.1) is 0 Å². The van der Waals surface area contributed by atoms with Crippen molar-refractivity contribution in [1.82, 2.24) is 4.31 Å². The van der Waals surface area contributed by atoms with Crippen LogP contribution in [0.25, 0.3) is 0 Å². The molecule has 1 aliphatic heterocycles. The molecule has 1 aliphatic rings. The quantitative estimate of drug-likeness (QED) is 0.808. The number of nitrogens with zero attached hydrogens (tertiary/aromatic N) is 1. The van der Waals surface area contributed by atoms with E-state index in [9.17, 15) is 8.42 Å². The van der Waals surface area contributed by atoms with Crippen LogP contribution in [0.5, 0.6) is 5.75 Å². The number of halogens is 1. The van der Waals surface area contributed by atoms with E-state index in [1.807, 2.05) is 0 Å². The highest BCUT2D eigenvalue weighted by Gasteiger charge is 2.34. The average molecular weight is 378 g/mol. The lowest BCUT2D eigenvalue weighted by atomic mass is 9.97. The SMILES string of the molecule is COc1ccc(S(=O)(=O)N2CCC(C)C(OC)C2)cc1Br. The van der Waals surface area contributed by atoms with Gasteiger partial charge in [-0.25, -0.2) is 8.42 Å². The van der Waals surface area contributed by atoms with E-state index in [0.29, 0.717) is 29.2 Å². The summed E-state index contributed by atoms with van der Waals surface area (Å²) in [5.41, 5.74) is 0. The van der Waals surface area contributed by atoms with Crippen molar-refractivity contribution in [3.63, 3.8) is 0 Å². The molecule has 21 heavy (non-hydrogen) atoms. The molecule has 0 bridgehead atoms. The van der Waals surface area contributed by atoms with E-state index in [1.165, 1.54) is 4.31 Å². The van der Waals surface area contributed by atoms with Crippen LogP contribution < -0.4 is 4.74 Å². The van der Waals surface area contributed by atoms with Crippen molar-refractivity contribution in [2.75, 3.05) is 27.3 Å². The molecule has 7 heteroatoms. The summed E-state index contributed by atoms with van der Waals surface area (Å²) in [7, 11) is -0.337. The smallest absolute Gasteiger partial charge is 0.243 e. The minimum Gasteiger partial charge on any atom is -0.496 e. The van der Waals surface area contributed by atoms with Crippen LogP contribution in [0, 0.1) is 5.92 Å². The summed E-state index contributed by atoms with van der Waals surface area (Å²) >= 11 is 3.33. The zero-order valence-electron chi connectivity index (χ0n) is 12.4. The van der Waals surface area contributed by atoms with Crippen LogP contribution in [-0.4, -0.2) is 46.1 Å². The van der Waals surface area contributed by atoms with Gasteiger partial charge in [0.15, 0.2) is 0 Å². The van der Waals surface area contributed by atoms with Crippen LogP contribution in [0.1, 0.15) is 13.3 Å². The Morgan fingerprint density at radius 1 is 1.33 bits per heavy atom. The largest absolute Gasteiger partial charge is 0.496 e. The second-order valence-corrected chi connectivity index (χ2v) is 7.99. The Morgan fingerprint density at radius 3 is 2.62 bits per heavy atom. The second kappa shape index (κ2) is 6.64. The molecule has 1 fully saturated rings. The van der Waals surface area contributed by atoms with Crippen molar-refractivity contribution in [1.29, 1.82) is 0 Å². The monoisotopic (exact) mass is 377 g/mol. The number of methoxy groups -OCH3 is 2. The molecular formula is C14H20BrNO4S. The van der Waals surface area contributed by atoms with Gasteiger partial charge in [0.25, 0.3) is 0 Å². The predicted octanol–water partition coefficient (Wildman–Crippen LogP) is 2.50. The standard InChI is InChI=1S/C14H20BrNO4S/c1-10-6-7-16(9-14(10)20-3)21(17,18)11-4-5-13(19-2)12(15)8-11/h4-5,8,10,14H,6-7,9H2,1-3H3. The Balaban J connectivity index is 2.27. The molecule has 0 N–H and O–H groups in total. The fraction of sp³-hybridized carbons (Fsp3) is 0.571. The summed E-state index contributed by atoms with van der Waals surface area (Å²) in [6.07, 6.45) is 0.741. The van der Waals surface area contributed by atoms with E-state index in [2.05, 4.69) is 22.9 Å². The highest BCUT2D eigenvalue weighted by Crippen LogP contribution is 2.30. The third-order valence-corrected chi connectivity index (χ3v) is 6.40. The lowest BCUT2D eigenvalue weighted by Crippen LogP contribution is -2.46. The summed E-state index contributed by atoms with van der Waals surface area (Å²) in [5.74, 6) is 0.972. The van der Waals surface area contributed by atoms with E-state index >= 15 is 0 Å². The topological polar surface area (TPSA) is 55.8 Å². The highest BCUT2D eigenvalue weighted by atomic mass is 79.9. The van der Waals surface area contributed by atoms with E-state index in [-0.39, 0.29) is 11.0 Å². The van der Waals surface area contributed by atoms with Crippen molar-refractivity contribution in [3.8, 4) is 5.75 Å². The molecule has 1 aromatic carbocycles. The van der Waals surface area contributed by atoms with Gasteiger partial charge in [0.2, 0.25) is 10.0 Å². The molecule has 0 aliphatic carbocycles. The molecule has 1 aromatic rings. The lowest BCUT2D eigenvalue weighted by molar-refractivity contribution is 0.0184. The minimum atomic E-state index is -3.51. The van der Waals surface area contributed by atoms with Gasteiger partial charge in [-0.1, -0.05) is 6.92 Å². The van der Waals surface area contributed by atoms with Crippen LogP contribution in [-0.2, 0) is 14.8 Å². The molecule has 2 atom stereocenters. The summed E-state index contributed by atoms with van der Waals surface area (Å²) in [6, 6.07) is 4.80. The van der Waals surface area contributed by atoms with Crippen LogP contribution in [0.2, 0.25) is 0 Å². The maximum Gasteiger partial charge on any atom is 0.243 e. The van der Waals surface area contributed by atoms with Crippen molar-refractivity contribution in [2.24, 2.45) is 5.92 Å². The van der Waals surface area contributed by atoms with Crippen molar-refractivity contribution < 1.29 is 17.9 Å². The van der Waals surface area contributed by atoms with Crippen LogP contribution >= 0.6 is 15.9 Å². The maximum absolute atomic E-state index is 12.7. The van der Waals surface area contributed by atoms with Gasteiger partial charge in [-0.05, 0) is 46.5 Å². The van der Waals surface area contributed by atoms with E-state index < -0.39 is 10.0 Å². The number of benzene rings is 1. The molecular weight excluding hydrogens is 358 g/mol. The van der Waals surface area contributed by atoms with Crippen LogP contribution in [0.3, 0.4) is 0 Å². The van der Waals surface area contributed by atoms with Gasteiger partial charge in [0.1, 0.15) is 5.75 Å². The number of sulfonamides is 1. The first-order chi connectivity index (χ1) is 9.90. The first kappa shape index (κ1) is 16.7. The number of hydrogen-bond donors (Lipinski definition) is 0. The molecule has 1 heterocycles. The summed E-state index contributed by atoms with van der Waals surface area (Å²) in [4.78, 5) is 0.264. The molecule has 0 saturated carbocycles. The number of rotatable bonds is 4. The lowest BCUT2D eigenvalue weighted by Gasteiger charge is -2.35. The van der Waals surface area contributed by atoms with Gasteiger partial charge >= 0.3 is 0 Å². The molecule has 5 nitrogen and oxygen atoms in total. The van der Waals surface area contributed by atoms with Gasteiger partial charge in [0, 0.05) is 20.2 Å². The zero-order chi connectivity index (χ0) is 15.6. The third kappa shape index (κ3) is 3.41. The van der Waals surface area contributed by atoms with Gasteiger partial charge in [-0.2, -0.15) is 4.31 Å². The predicted molar refractivity (Wildman–Crippen MR) is 84.0 cm³/mol. The Bertz CT molecular complexity index is 605. The number of hydrogen-bond acceptors (Lipinski definition) is 4. The molecule has 2 rings (SSSR count). The summed E-state index contributed by atoms with van der Waals surface area (Å²) in [6.45, 7) is 3.00. The molecule has 1 saturated heterocycles. The second-order valence-electron chi connectivity index (χ2n) is 5.20. The molecule has 0 aromatic heterocycles. The molecule has 0 amide bonds. The van der Waals surface area contributed by atoms with Crippen molar-refractivity contribution in [2.45, 2.75) is 24.3 Å².